The fourth-order valence-electron chi connectivity index (χ4n) is 1.98. The molecule has 0 aromatic carbocycles. The van der Waals surface area contributed by atoms with Crippen LogP contribution in [0.4, 0.5) is 0 Å². The van der Waals surface area contributed by atoms with Crippen molar-refractivity contribution >= 4 is 23.2 Å². The normalized spacial score (nSPS) is 23.9. The van der Waals surface area contributed by atoms with Crippen molar-refractivity contribution < 1.29 is 19.4 Å². The monoisotopic (exact) mass is 255 g/mol. The molecule has 0 spiro atoms. The number of hydrogen-bond acceptors (Lipinski definition) is 4. The quantitative estimate of drug-likeness (QED) is 0.877. The molecule has 6 heteroatoms. The number of methoxy groups -OCH3 is 1. The average molecular weight is 255 g/mol. The Morgan fingerprint density at radius 2 is 2.35 bits per heavy atom. The van der Waals surface area contributed by atoms with E-state index >= 15 is 0 Å². The van der Waals surface area contributed by atoms with Crippen LogP contribution in [-0.2, 0) is 9.53 Å². The number of likely N-dealkylation sites (tertiary alicyclic amines) is 1. The predicted molar refractivity (Wildman–Crippen MR) is 62.2 cm³/mol. The largest absolute Gasteiger partial charge is 0.480 e. The lowest BCUT2D eigenvalue weighted by atomic mass is 10.2. The van der Waals surface area contributed by atoms with E-state index in [1.807, 2.05) is 0 Å². The van der Waals surface area contributed by atoms with Gasteiger partial charge >= 0.3 is 5.97 Å². The Morgan fingerprint density at radius 3 is 2.88 bits per heavy atom. The van der Waals surface area contributed by atoms with Crippen LogP contribution in [0.1, 0.15) is 16.8 Å². The molecule has 1 aliphatic rings. The molecule has 0 bridgehead atoms. The molecule has 2 unspecified atom stereocenters. The van der Waals surface area contributed by atoms with Gasteiger partial charge in [0.25, 0.3) is 5.91 Å². The van der Waals surface area contributed by atoms with Gasteiger partial charge in [0, 0.05) is 25.5 Å². The second-order valence-electron chi connectivity index (χ2n) is 3.92. The van der Waals surface area contributed by atoms with Gasteiger partial charge in [-0.15, -0.1) is 0 Å². The van der Waals surface area contributed by atoms with Crippen molar-refractivity contribution in [2.24, 2.45) is 0 Å². The molecule has 1 N–H and O–H groups in total. The van der Waals surface area contributed by atoms with E-state index in [1.165, 1.54) is 23.3 Å². The standard InChI is InChI=1S/C11H13NO4S/c1-16-8-4-9(11(14)15)12(5-8)10(13)7-2-3-17-6-7/h2-3,6,8-9H,4-5H2,1H3,(H,14,15). The summed E-state index contributed by atoms with van der Waals surface area (Å²) in [6.07, 6.45) is 0.153. The zero-order chi connectivity index (χ0) is 12.4. The smallest absolute Gasteiger partial charge is 0.326 e. The Balaban J connectivity index is 2.18. The number of aliphatic carboxylic acids is 1. The summed E-state index contributed by atoms with van der Waals surface area (Å²) in [5.41, 5.74) is 0.540. The Hall–Kier alpha value is -1.40. The first kappa shape index (κ1) is 12.1. The minimum Gasteiger partial charge on any atom is -0.480 e. The van der Waals surface area contributed by atoms with E-state index in [9.17, 15) is 9.59 Å². The minimum absolute atomic E-state index is 0.196. The van der Waals surface area contributed by atoms with E-state index in [0.717, 1.165) is 0 Å². The van der Waals surface area contributed by atoms with Gasteiger partial charge in [-0.3, -0.25) is 4.79 Å². The molecular weight excluding hydrogens is 242 g/mol. The van der Waals surface area contributed by atoms with Crippen molar-refractivity contribution in [2.75, 3.05) is 13.7 Å². The number of carboxylic acid groups (broad SMARTS) is 1. The van der Waals surface area contributed by atoms with Crippen LogP contribution in [0, 0.1) is 0 Å². The van der Waals surface area contributed by atoms with Gasteiger partial charge in [-0.05, 0) is 11.4 Å². The van der Waals surface area contributed by atoms with E-state index in [4.69, 9.17) is 9.84 Å². The number of carbonyl (C=O) groups excluding carboxylic acids is 1. The lowest BCUT2D eigenvalue weighted by Gasteiger charge is -2.20. The molecule has 92 valence electrons. The second kappa shape index (κ2) is 4.85. The van der Waals surface area contributed by atoms with Gasteiger partial charge in [-0.2, -0.15) is 11.3 Å². The van der Waals surface area contributed by atoms with Crippen LogP contribution >= 0.6 is 11.3 Å². The first-order chi connectivity index (χ1) is 8.13. The molecule has 2 heterocycles. The summed E-state index contributed by atoms with van der Waals surface area (Å²) < 4.78 is 5.13. The maximum Gasteiger partial charge on any atom is 0.326 e. The maximum absolute atomic E-state index is 12.1. The zero-order valence-corrected chi connectivity index (χ0v) is 10.1. The van der Waals surface area contributed by atoms with Gasteiger partial charge in [-0.1, -0.05) is 0 Å². The zero-order valence-electron chi connectivity index (χ0n) is 9.33. The SMILES string of the molecule is COC1CC(C(=O)O)N(C(=O)c2ccsc2)C1. The second-order valence-corrected chi connectivity index (χ2v) is 4.70. The summed E-state index contributed by atoms with van der Waals surface area (Å²) in [4.78, 5) is 24.6. The first-order valence-electron chi connectivity index (χ1n) is 5.22. The summed E-state index contributed by atoms with van der Waals surface area (Å²) in [5, 5.41) is 12.6. The van der Waals surface area contributed by atoms with Crippen molar-refractivity contribution in [1.29, 1.82) is 0 Å². The third kappa shape index (κ3) is 2.32. The van der Waals surface area contributed by atoms with Crippen LogP contribution in [0.3, 0.4) is 0 Å². The van der Waals surface area contributed by atoms with Crippen molar-refractivity contribution in [3.05, 3.63) is 22.4 Å². The van der Waals surface area contributed by atoms with E-state index in [2.05, 4.69) is 0 Å². The Labute approximate surface area is 103 Å². The molecule has 1 aliphatic heterocycles. The lowest BCUT2D eigenvalue weighted by Crippen LogP contribution is -2.40. The molecule has 2 atom stereocenters. The molecule has 1 saturated heterocycles. The Morgan fingerprint density at radius 1 is 1.59 bits per heavy atom. The number of thiophene rings is 1. The summed E-state index contributed by atoms with van der Waals surface area (Å²) >= 11 is 1.42. The number of hydrogen-bond donors (Lipinski definition) is 1. The predicted octanol–water partition coefficient (Wildman–Crippen LogP) is 1.06. The molecule has 0 radical (unpaired) electrons. The van der Waals surface area contributed by atoms with Crippen molar-refractivity contribution in [2.45, 2.75) is 18.6 Å². The Bertz CT molecular complexity index is 417. The fourth-order valence-corrected chi connectivity index (χ4v) is 2.61. The Kier molecular flexibility index (Phi) is 3.44. The van der Waals surface area contributed by atoms with Crippen LogP contribution in [0.15, 0.2) is 16.8 Å². The molecule has 0 aliphatic carbocycles. The molecule has 0 saturated carbocycles. The van der Waals surface area contributed by atoms with Gasteiger partial charge in [0.1, 0.15) is 6.04 Å². The van der Waals surface area contributed by atoms with Crippen molar-refractivity contribution in [3.63, 3.8) is 0 Å². The topological polar surface area (TPSA) is 66.8 Å². The molecule has 17 heavy (non-hydrogen) atoms. The molecule has 2 rings (SSSR count). The van der Waals surface area contributed by atoms with Crippen molar-refractivity contribution in [1.82, 2.24) is 4.90 Å². The molecule has 5 nitrogen and oxygen atoms in total. The van der Waals surface area contributed by atoms with Gasteiger partial charge in [0.15, 0.2) is 0 Å². The number of carbonyl (C=O) groups is 2. The van der Waals surface area contributed by atoms with Crippen LogP contribution in [0.25, 0.3) is 0 Å². The molecule has 1 aromatic heterocycles. The van der Waals surface area contributed by atoms with Crippen molar-refractivity contribution in [3.8, 4) is 0 Å². The third-order valence-corrected chi connectivity index (χ3v) is 3.59. The van der Waals surface area contributed by atoms with Gasteiger partial charge in [0.2, 0.25) is 0 Å². The van der Waals surface area contributed by atoms with Crippen LogP contribution in [0.2, 0.25) is 0 Å². The van der Waals surface area contributed by atoms with Gasteiger partial charge < -0.3 is 14.7 Å². The number of ether oxygens (including phenoxy) is 1. The first-order valence-corrected chi connectivity index (χ1v) is 6.16. The lowest BCUT2D eigenvalue weighted by molar-refractivity contribution is -0.141. The molecule has 1 amide bonds. The minimum atomic E-state index is -0.979. The highest BCUT2D eigenvalue weighted by atomic mass is 32.1. The van der Waals surface area contributed by atoms with E-state index < -0.39 is 12.0 Å². The van der Waals surface area contributed by atoms with E-state index in [1.54, 1.807) is 16.8 Å². The van der Waals surface area contributed by atoms with Crippen LogP contribution in [0.5, 0.6) is 0 Å². The summed E-state index contributed by atoms with van der Waals surface area (Å²) in [6.45, 7) is 0.335. The summed E-state index contributed by atoms with van der Waals surface area (Å²) in [6, 6.07) is 0.916. The maximum atomic E-state index is 12.1. The number of rotatable bonds is 3. The fraction of sp³-hybridized carbons (Fsp3) is 0.455. The van der Waals surface area contributed by atoms with Gasteiger partial charge in [-0.25, -0.2) is 4.79 Å². The molecular formula is C11H13NO4S. The molecule has 1 fully saturated rings. The number of amides is 1. The highest BCUT2D eigenvalue weighted by Crippen LogP contribution is 2.23. The summed E-state index contributed by atoms with van der Waals surface area (Å²) in [5.74, 6) is -1.22. The average Bonchev–Trinajstić information content (AvgIpc) is 2.97. The highest BCUT2D eigenvalue weighted by molar-refractivity contribution is 7.08. The van der Waals surface area contributed by atoms with E-state index in [-0.39, 0.29) is 12.0 Å². The van der Waals surface area contributed by atoms with Crippen LogP contribution < -0.4 is 0 Å². The van der Waals surface area contributed by atoms with Crippen LogP contribution in [-0.4, -0.2) is 47.7 Å². The molecule has 1 aromatic rings. The third-order valence-electron chi connectivity index (χ3n) is 2.91. The van der Waals surface area contributed by atoms with E-state index in [0.29, 0.717) is 18.5 Å². The number of nitrogens with zero attached hydrogens (tertiary/aromatic N) is 1. The number of carboxylic acids is 1. The summed E-state index contributed by atoms with van der Waals surface area (Å²) in [7, 11) is 1.53. The van der Waals surface area contributed by atoms with Gasteiger partial charge in [0.05, 0.1) is 11.7 Å². The highest BCUT2D eigenvalue weighted by Gasteiger charge is 2.40.